The Bertz CT molecular complexity index is 428. The van der Waals surface area contributed by atoms with Crippen molar-refractivity contribution in [2.45, 2.75) is 53.5 Å². The first-order valence-electron chi connectivity index (χ1n) is 6.90. The zero-order chi connectivity index (χ0) is 15.5. The molecule has 0 saturated carbocycles. The highest BCUT2D eigenvalue weighted by molar-refractivity contribution is 5.30. The van der Waals surface area contributed by atoms with Gasteiger partial charge in [-0.1, -0.05) is 39.3 Å². The highest BCUT2D eigenvalue weighted by atomic mass is 19.4. The van der Waals surface area contributed by atoms with E-state index in [1.165, 1.54) is 6.07 Å². The largest absolute Gasteiger partial charge is 0.416 e. The van der Waals surface area contributed by atoms with Gasteiger partial charge in [-0.05, 0) is 36.5 Å². The first-order chi connectivity index (χ1) is 9.11. The molecule has 20 heavy (non-hydrogen) atoms. The third-order valence-corrected chi connectivity index (χ3v) is 3.22. The molecule has 0 aliphatic carbocycles. The molecular weight excluding hydrogens is 265 g/mol. The van der Waals surface area contributed by atoms with Crippen LogP contribution < -0.4 is 0 Å². The number of ether oxygens (including phenoxy) is 1. The van der Waals surface area contributed by atoms with Gasteiger partial charge in [-0.15, -0.1) is 0 Å². The first kappa shape index (κ1) is 17.0. The number of aryl methyl sites for hydroxylation is 1. The van der Waals surface area contributed by atoms with Gasteiger partial charge in [0.25, 0.3) is 0 Å². The average Bonchev–Trinajstić information content (AvgIpc) is 2.26. The first-order valence-corrected chi connectivity index (χ1v) is 6.90. The van der Waals surface area contributed by atoms with Gasteiger partial charge in [-0.2, -0.15) is 13.2 Å². The summed E-state index contributed by atoms with van der Waals surface area (Å²) in [5, 5.41) is 0. The van der Waals surface area contributed by atoms with Gasteiger partial charge in [-0.3, -0.25) is 0 Å². The molecule has 0 aliphatic heterocycles. The van der Waals surface area contributed by atoms with Crippen LogP contribution in [0.4, 0.5) is 13.2 Å². The van der Waals surface area contributed by atoms with Crippen molar-refractivity contribution in [2.75, 3.05) is 0 Å². The van der Waals surface area contributed by atoms with E-state index in [9.17, 15) is 13.2 Å². The topological polar surface area (TPSA) is 9.23 Å². The minimum Gasteiger partial charge on any atom is -0.373 e. The van der Waals surface area contributed by atoms with Crippen LogP contribution in [0.25, 0.3) is 0 Å². The molecule has 0 atom stereocenters. The lowest BCUT2D eigenvalue weighted by Gasteiger charge is -2.25. The molecule has 1 rings (SSSR count). The molecule has 0 aliphatic rings. The van der Waals surface area contributed by atoms with Crippen molar-refractivity contribution in [3.8, 4) is 0 Å². The monoisotopic (exact) mass is 288 g/mol. The zero-order valence-corrected chi connectivity index (χ0v) is 12.7. The van der Waals surface area contributed by atoms with E-state index in [1.807, 2.05) is 0 Å². The van der Waals surface area contributed by atoms with Gasteiger partial charge in [0, 0.05) is 0 Å². The highest BCUT2D eigenvalue weighted by Gasteiger charge is 2.31. The van der Waals surface area contributed by atoms with Gasteiger partial charge < -0.3 is 4.74 Å². The molecule has 0 amide bonds. The summed E-state index contributed by atoms with van der Waals surface area (Å²) in [5.74, 6) is 0.670. The Morgan fingerprint density at radius 3 is 2.00 bits per heavy atom. The highest BCUT2D eigenvalue weighted by Crippen LogP contribution is 2.31. The third-order valence-electron chi connectivity index (χ3n) is 3.22. The predicted molar refractivity (Wildman–Crippen MR) is 74.4 cm³/mol. The Labute approximate surface area is 119 Å². The van der Waals surface area contributed by atoms with E-state index in [0.29, 0.717) is 23.0 Å². The van der Waals surface area contributed by atoms with Crippen LogP contribution in [0, 0.1) is 18.8 Å². The average molecular weight is 288 g/mol. The molecule has 0 N–H and O–H groups in total. The van der Waals surface area contributed by atoms with Gasteiger partial charge in [0.05, 0.1) is 18.3 Å². The Kier molecular flexibility index (Phi) is 5.63. The molecule has 1 aromatic rings. The van der Waals surface area contributed by atoms with E-state index in [-0.39, 0.29) is 12.7 Å². The van der Waals surface area contributed by atoms with Crippen molar-refractivity contribution in [3.05, 3.63) is 34.9 Å². The van der Waals surface area contributed by atoms with Gasteiger partial charge in [0.15, 0.2) is 0 Å². The van der Waals surface area contributed by atoms with Gasteiger partial charge in [-0.25, -0.2) is 0 Å². The van der Waals surface area contributed by atoms with Crippen molar-refractivity contribution in [1.29, 1.82) is 0 Å². The van der Waals surface area contributed by atoms with Crippen molar-refractivity contribution >= 4 is 0 Å². The van der Waals surface area contributed by atoms with Crippen molar-refractivity contribution < 1.29 is 17.9 Å². The molecule has 0 aromatic heterocycles. The molecule has 0 heterocycles. The number of benzene rings is 1. The van der Waals surface area contributed by atoms with E-state index >= 15 is 0 Å². The maximum atomic E-state index is 12.8. The maximum absolute atomic E-state index is 12.8. The standard InChI is InChI=1S/C16H23F3O/c1-10(2)15(11(3)4)20-9-13-6-12(5)7-14(8-13)16(17,18)19/h6-8,10-11,15H,9H2,1-5H3. The van der Waals surface area contributed by atoms with E-state index in [4.69, 9.17) is 4.74 Å². The summed E-state index contributed by atoms with van der Waals surface area (Å²) < 4.78 is 44.1. The van der Waals surface area contributed by atoms with Crippen LogP contribution in [-0.4, -0.2) is 6.10 Å². The van der Waals surface area contributed by atoms with Crippen LogP contribution in [0.5, 0.6) is 0 Å². The third kappa shape index (κ3) is 4.82. The fourth-order valence-electron chi connectivity index (χ4n) is 2.46. The predicted octanol–water partition coefficient (Wildman–Crippen LogP) is 5.21. The van der Waals surface area contributed by atoms with E-state index < -0.39 is 11.7 Å². The van der Waals surface area contributed by atoms with Crippen LogP contribution in [0.1, 0.15) is 44.4 Å². The van der Waals surface area contributed by atoms with Crippen LogP contribution in [0.3, 0.4) is 0 Å². The fraction of sp³-hybridized carbons (Fsp3) is 0.625. The molecule has 114 valence electrons. The van der Waals surface area contributed by atoms with Gasteiger partial charge in [0.2, 0.25) is 0 Å². The van der Waals surface area contributed by atoms with Crippen LogP contribution in [0.15, 0.2) is 18.2 Å². The fourth-order valence-corrected chi connectivity index (χ4v) is 2.46. The van der Waals surface area contributed by atoms with E-state index in [1.54, 1.807) is 13.0 Å². The molecule has 1 aromatic carbocycles. The van der Waals surface area contributed by atoms with Crippen molar-refractivity contribution in [3.63, 3.8) is 0 Å². The van der Waals surface area contributed by atoms with Crippen LogP contribution in [-0.2, 0) is 17.5 Å². The Morgan fingerprint density at radius 2 is 1.55 bits per heavy atom. The second-order valence-corrected chi connectivity index (χ2v) is 5.97. The quantitative estimate of drug-likeness (QED) is 0.722. The van der Waals surface area contributed by atoms with Gasteiger partial charge in [0.1, 0.15) is 0 Å². The molecule has 1 nitrogen and oxygen atoms in total. The molecule has 0 spiro atoms. The lowest BCUT2D eigenvalue weighted by molar-refractivity contribution is -0.137. The summed E-state index contributed by atoms with van der Waals surface area (Å²) in [4.78, 5) is 0. The number of halogens is 3. The smallest absolute Gasteiger partial charge is 0.373 e. The molecule has 0 unspecified atom stereocenters. The summed E-state index contributed by atoms with van der Waals surface area (Å²) in [5.41, 5.74) is 0.564. The lowest BCUT2D eigenvalue weighted by Crippen LogP contribution is -2.25. The minimum atomic E-state index is -4.31. The number of alkyl halides is 3. The molecule has 0 bridgehead atoms. The molecular formula is C16H23F3O. The normalized spacial score (nSPS) is 12.8. The molecule has 0 fully saturated rings. The second-order valence-electron chi connectivity index (χ2n) is 5.97. The molecule has 0 radical (unpaired) electrons. The zero-order valence-electron chi connectivity index (χ0n) is 12.7. The van der Waals surface area contributed by atoms with Crippen molar-refractivity contribution in [1.82, 2.24) is 0 Å². The van der Waals surface area contributed by atoms with Crippen LogP contribution in [0.2, 0.25) is 0 Å². The Hall–Kier alpha value is -1.03. The minimum absolute atomic E-state index is 0.0462. The summed E-state index contributed by atoms with van der Waals surface area (Å²) in [6, 6.07) is 4.07. The summed E-state index contributed by atoms with van der Waals surface area (Å²) >= 11 is 0. The number of hydrogen-bond donors (Lipinski definition) is 0. The lowest BCUT2D eigenvalue weighted by atomic mass is 9.96. The molecule has 0 saturated heterocycles. The van der Waals surface area contributed by atoms with Gasteiger partial charge >= 0.3 is 6.18 Å². The maximum Gasteiger partial charge on any atom is 0.416 e. The van der Waals surface area contributed by atoms with E-state index in [0.717, 1.165) is 6.07 Å². The van der Waals surface area contributed by atoms with Crippen molar-refractivity contribution in [2.24, 2.45) is 11.8 Å². The number of hydrogen-bond acceptors (Lipinski definition) is 1. The van der Waals surface area contributed by atoms with Crippen LogP contribution >= 0.6 is 0 Å². The Morgan fingerprint density at radius 1 is 1.00 bits per heavy atom. The second kappa shape index (κ2) is 6.61. The summed E-state index contributed by atoms with van der Waals surface area (Å²) in [6.07, 6.45) is -4.26. The Balaban J connectivity index is 2.85. The summed E-state index contributed by atoms with van der Waals surface area (Å²) in [6.45, 7) is 10.1. The summed E-state index contributed by atoms with van der Waals surface area (Å²) in [7, 11) is 0. The molecule has 4 heteroatoms. The SMILES string of the molecule is Cc1cc(COC(C(C)C)C(C)C)cc(C(F)(F)F)c1. The van der Waals surface area contributed by atoms with E-state index in [2.05, 4.69) is 27.7 Å². The number of rotatable bonds is 5.